The molecular weight excluding hydrogens is 385 g/mol. The van der Waals surface area contributed by atoms with E-state index >= 15 is 0 Å². The van der Waals surface area contributed by atoms with Crippen molar-refractivity contribution >= 4 is 46.5 Å². The average molecular weight is 397 g/mol. The largest absolute Gasteiger partial charge is 0.272 e. The van der Waals surface area contributed by atoms with Crippen LogP contribution in [0.4, 0.5) is 0 Å². The molecule has 0 aliphatic heterocycles. The van der Waals surface area contributed by atoms with Crippen LogP contribution in [0.5, 0.6) is 0 Å². The molecule has 0 bridgehead atoms. The van der Waals surface area contributed by atoms with Gasteiger partial charge in [-0.2, -0.15) is 5.10 Å². The lowest BCUT2D eigenvalue weighted by atomic mass is 10.2. The predicted octanol–water partition coefficient (Wildman–Crippen LogP) is 2.93. The fourth-order valence-electron chi connectivity index (χ4n) is 1.37. The van der Waals surface area contributed by atoms with Crippen molar-refractivity contribution in [3.63, 3.8) is 0 Å². The molecule has 0 saturated carbocycles. The van der Waals surface area contributed by atoms with Gasteiger partial charge in [-0.25, -0.2) is 10.4 Å². The first-order chi connectivity index (χ1) is 9.74. The predicted molar refractivity (Wildman–Crippen MR) is 89.9 cm³/mol. The first kappa shape index (κ1) is 15.0. The normalized spacial score (nSPS) is 10.7. The summed E-state index contributed by atoms with van der Waals surface area (Å²) in [5, 5.41) is 4.76. The Morgan fingerprint density at radius 3 is 3.00 bits per heavy atom. The highest BCUT2D eigenvalue weighted by molar-refractivity contribution is 14.1. The Morgan fingerprint density at radius 2 is 2.25 bits per heavy atom. The van der Waals surface area contributed by atoms with Crippen LogP contribution < -0.4 is 5.43 Å². The van der Waals surface area contributed by atoms with Gasteiger partial charge in [0.05, 0.1) is 17.0 Å². The van der Waals surface area contributed by atoms with Gasteiger partial charge in [0.15, 0.2) is 0 Å². The van der Waals surface area contributed by atoms with E-state index in [0.29, 0.717) is 5.75 Å². The van der Waals surface area contributed by atoms with Gasteiger partial charge in [-0.1, -0.05) is 30.0 Å². The zero-order valence-electron chi connectivity index (χ0n) is 10.5. The van der Waals surface area contributed by atoms with E-state index in [4.69, 9.17) is 0 Å². The van der Waals surface area contributed by atoms with Crippen LogP contribution in [0.2, 0.25) is 0 Å². The topological polar surface area (TPSA) is 54.4 Å². The average Bonchev–Trinajstić information content (AvgIpc) is 2.46. The van der Waals surface area contributed by atoms with Crippen LogP contribution in [0, 0.1) is 3.57 Å². The summed E-state index contributed by atoms with van der Waals surface area (Å²) in [7, 11) is 0. The lowest BCUT2D eigenvalue weighted by molar-refractivity contribution is -0.118. The lowest BCUT2D eigenvalue weighted by Gasteiger charge is -1.99. The monoisotopic (exact) mass is 397 g/mol. The summed E-state index contributed by atoms with van der Waals surface area (Å²) in [5.41, 5.74) is 3.45. The van der Waals surface area contributed by atoms with Crippen molar-refractivity contribution in [3.05, 3.63) is 57.8 Å². The number of nitrogens with one attached hydrogen (secondary N) is 1. The lowest BCUT2D eigenvalue weighted by Crippen LogP contribution is -2.19. The highest BCUT2D eigenvalue weighted by Gasteiger charge is 2.01. The van der Waals surface area contributed by atoms with Crippen molar-refractivity contribution in [2.45, 2.75) is 5.03 Å². The van der Waals surface area contributed by atoms with E-state index in [9.17, 15) is 4.79 Å². The summed E-state index contributed by atoms with van der Waals surface area (Å²) in [4.78, 5) is 15.7. The Bertz CT molecular complexity index is 604. The van der Waals surface area contributed by atoms with Gasteiger partial charge in [0.2, 0.25) is 5.91 Å². The van der Waals surface area contributed by atoms with Crippen molar-refractivity contribution < 1.29 is 4.79 Å². The van der Waals surface area contributed by atoms with E-state index in [2.05, 4.69) is 38.1 Å². The Balaban J connectivity index is 1.78. The van der Waals surface area contributed by atoms with Gasteiger partial charge in [-0.05, 0) is 52.4 Å². The molecule has 0 radical (unpaired) electrons. The van der Waals surface area contributed by atoms with E-state index in [1.807, 2.05) is 42.5 Å². The molecule has 0 spiro atoms. The van der Waals surface area contributed by atoms with Crippen molar-refractivity contribution in [2.24, 2.45) is 5.10 Å². The van der Waals surface area contributed by atoms with E-state index in [0.717, 1.165) is 14.2 Å². The van der Waals surface area contributed by atoms with E-state index < -0.39 is 0 Å². The third-order valence-electron chi connectivity index (χ3n) is 2.24. The minimum Gasteiger partial charge on any atom is -0.272 e. The molecular formula is C14H12IN3OS. The number of pyridine rings is 1. The summed E-state index contributed by atoms with van der Waals surface area (Å²) in [6.07, 6.45) is 3.33. The molecule has 1 aromatic heterocycles. The molecule has 0 aliphatic rings. The maximum Gasteiger partial charge on any atom is 0.250 e. The van der Waals surface area contributed by atoms with Crippen LogP contribution in [-0.2, 0) is 4.79 Å². The van der Waals surface area contributed by atoms with E-state index in [1.165, 1.54) is 11.8 Å². The SMILES string of the molecule is O=C(CSc1ccccn1)N/N=C\c1cccc(I)c1. The fourth-order valence-corrected chi connectivity index (χ4v) is 2.59. The van der Waals surface area contributed by atoms with E-state index in [1.54, 1.807) is 12.4 Å². The second-order valence-corrected chi connectivity index (χ2v) is 6.05. The van der Waals surface area contributed by atoms with Gasteiger partial charge in [-0.15, -0.1) is 0 Å². The van der Waals surface area contributed by atoms with Crippen LogP contribution in [-0.4, -0.2) is 22.9 Å². The van der Waals surface area contributed by atoms with Gasteiger partial charge in [-0.3, -0.25) is 4.79 Å². The first-order valence-corrected chi connectivity index (χ1v) is 7.92. The fraction of sp³-hybridized carbons (Fsp3) is 0.0714. The molecule has 1 aromatic carbocycles. The molecule has 20 heavy (non-hydrogen) atoms. The zero-order valence-corrected chi connectivity index (χ0v) is 13.5. The van der Waals surface area contributed by atoms with Crippen molar-refractivity contribution in [2.75, 3.05) is 5.75 Å². The summed E-state index contributed by atoms with van der Waals surface area (Å²) < 4.78 is 1.13. The molecule has 1 N–H and O–H groups in total. The van der Waals surface area contributed by atoms with Gasteiger partial charge >= 0.3 is 0 Å². The van der Waals surface area contributed by atoms with Crippen LogP contribution in [0.15, 0.2) is 58.8 Å². The number of rotatable bonds is 5. The Morgan fingerprint density at radius 1 is 1.35 bits per heavy atom. The highest BCUT2D eigenvalue weighted by Crippen LogP contribution is 2.12. The second kappa shape index (κ2) is 8.01. The maximum absolute atomic E-state index is 11.6. The van der Waals surface area contributed by atoms with Crippen molar-refractivity contribution in [3.8, 4) is 0 Å². The summed E-state index contributed by atoms with van der Waals surface area (Å²) in [5.74, 6) is 0.142. The number of carbonyl (C=O) groups is 1. The molecule has 1 amide bonds. The highest BCUT2D eigenvalue weighted by atomic mass is 127. The molecule has 4 nitrogen and oxygen atoms in total. The van der Waals surface area contributed by atoms with Gasteiger partial charge in [0.25, 0.3) is 0 Å². The maximum atomic E-state index is 11.6. The first-order valence-electron chi connectivity index (χ1n) is 5.85. The summed E-state index contributed by atoms with van der Waals surface area (Å²) in [6.45, 7) is 0. The number of nitrogens with zero attached hydrogens (tertiary/aromatic N) is 2. The smallest absolute Gasteiger partial charge is 0.250 e. The second-order valence-electron chi connectivity index (χ2n) is 3.80. The number of aromatic nitrogens is 1. The summed E-state index contributed by atoms with van der Waals surface area (Å²) in [6, 6.07) is 13.5. The number of carbonyl (C=O) groups excluding carboxylic acids is 1. The Kier molecular flexibility index (Phi) is 6.00. The molecule has 2 rings (SSSR count). The van der Waals surface area contributed by atoms with Crippen LogP contribution in [0.25, 0.3) is 0 Å². The van der Waals surface area contributed by atoms with Crippen LogP contribution >= 0.6 is 34.4 Å². The number of hydrogen-bond acceptors (Lipinski definition) is 4. The molecule has 0 unspecified atom stereocenters. The molecule has 102 valence electrons. The van der Waals surface area contributed by atoms with Gasteiger partial charge < -0.3 is 0 Å². The van der Waals surface area contributed by atoms with Gasteiger partial charge in [0.1, 0.15) is 0 Å². The number of benzene rings is 1. The Hall–Kier alpha value is -1.41. The molecule has 0 atom stereocenters. The van der Waals surface area contributed by atoms with Crippen LogP contribution in [0.3, 0.4) is 0 Å². The molecule has 0 aliphatic carbocycles. The number of hydrogen-bond donors (Lipinski definition) is 1. The Labute approximate surface area is 135 Å². The van der Waals surface area contributed by atoms with Crippen molar-refractivity contribution in [1.29, 1.82) is 0 Å². The quantitative estimate of drug-likeness (QED) is 0.365. The third-order valence-corrected chi connectivity index (χ3v) is 3.86. The van der Waals surface area contributed by atoms with Crippen LogP contribution in [0.1, 0.15) is 5.56 Å². The molecule has 1 heterocycles. The molecule has 0 saturated heterocycles. The number of halogens is 1. The molecule has 6 heteroatoms. The number of hydrazone groups is 1. The van der Waals surface area contributed by atoms with Gasteiger partial charge in [0, 0.05) is 9.77 Å². The molecule has 0 fully saturated rings. The van der Waals surface area contributed by atoms with E-state index in [-0.39, 0.29) is 5.91 Å². The minimum absolute atomic E-state index is 0.150. The summed E-state index contributed by atoms with van der Waals surface area (Å²) >= 11 is 3.61. The standard InChI is InChI=1S/C14H12IN3OS/c15-12-5-3-4-11(8-12)9-17-18-13(19)10-20-14-6-1-2-7-16-14/h1-9H,10H2,(H,18,19)/b17-9-. The number of amides is 1. The number of thioether (sulfide) groups is 1. The minimum atomic E-state index is -0.150. The third kappa shape index (κ3) is 5.30. The van der Waals surface area contributed by atoms with Crippen molar-refractivity contribution in [1.82, 2.24) is 10.4 Å². The zero-order chi connectivity index (χ0) is 14.2. The molecule has 2 aromatic rings.